The standard InChI is InChI=1S/C27H19Cl2N3O3S/c28-19-10-8-17(9-11-19)14-31-15-18(22-6-1-2-7-23(22)31)12-24-26(34)32(27(35)36-24)16-25(33)30-21-5-3-4-20(29)13-21/h1-13,15H,14,16H2,(H,30,33)/b24-12-. The van der Waals surface area contributed by atoms with E-state index in [-0.39, 0.29) is 11.4 Å². The molecule has 1 aliphatic rings. The van der Waals surface area contributed by atoms with Gasteiger partial charge in [-0.2, -0.15) is 0 Å². The van der Waals surface area contributed by atoms with Crippen molar-refractivity contribution in [2.24, 2.45) is 0 Å². The molecule has 0 aliphatic carbocycles. The average molecular weight is 536 g/mol. The molecule has 0 bridgehead atoms. The van der Waals surface area contributed by atoms with E-state index in [4.69, 9.17) is 23.2 Å². The molecular weight excluding hydrogens is 517 g/mol. The maximum Gasteiger partial charge on any atom is 0.294 e. The van der Waals surface area contributed by atoms with Gasteiger partial charge in [0, 0.05) is 44.9 Å². The van der Waals surface area contributed by atoms with Crippen molar-refractivity contribution in [3.8, 4) is 0 Å². The molecule has 0 spiro atoms. The third-order valence-corrected chi connectivity index (χ3v) is 7.05. The normalized spacial score (nSPS) is 14.7. The lowest BCUT2D eigenvalue weighted by atomic mass is 10.1. The van der Waals surface area contributed by atoms with Gasteiger partial charge in [0.25, 0.3) is 11.1 Å². The van der Waals surface area contributed by atoms with Crippen LogP contribution in [-0.4, -0.2) is 33.1 Å². The van der Waals surface area contributed by atoms with Gasteiger partial charge in [0.15, 0.2) is 0 Å². The van der Waals surface area contributed by atoms with E-state index in [0.717, 1.165) is 38.7 Å². The van der Waals surface area contributed by atoms with E-state index in [9.17, 15) is 14.4 Å². The van der Waals surface area contributed by atoms with Crippen LogP contribution in [0.4, 0.5) is 10.5 Å². The molecule has 3 amide bonds. The first-order valence-electron chi connectivity index (χ1n) is 11.0. The number of aromatic nitrogens is 1. The lowest BCUT2D eigenvalue weighted by Gasteiger charge is -2.12. The lowest BCUT2D eigenvalue weighted by molar-refractivity contribution is -0.127. The molecule has 1 saturated heterocycles. The molecule has 5 rings (SSSR count). The molecule has 1 aromatic heterocycles. The van der Waals surface area contributed by atoms with Crippen molar-refractivity contribution in [1.82, 2.24) is 9.47 Å². The zero-order chi connectivity index (χ0) is 25.2. The number of thioether (sulfide) groups is 1. The van der Waals surface area contributed by atoms with Gasteiger partial charge in [-0.3, -0.25) is 19.3 Å². The molecule has 6 nitrogen and oxygen atoms in total. The maximum absolute atomic E-state index is 13.0. The average Bonchev–Trinajstić information content (AvgIpc) is 3.32. The number of hydrogen-bond acceptors (Lipinski definition) is 4. The number of halogens is 2. The van der Waals surface area contributed by atoms with Crippen LogP contribution in [0, 0.1) is 0 Å². The fourth-order valence-electron chi connectivity index (χ4n) is 4.00. The Morgan fingerprint density at radius 1 is 0.944 bits per heavy atom. The molecule has 2 heterocycles. The maximum atomic E-state index is 13.0. The number of rotatable bonds is 6. The Kier molecular flexibility index (Phi) is 6.87. The highest BCUT2D eigenvalue weighted by Gasteiger charge is 2.36. The molecule has 1 N–H and O–H groups in total. The molecular formula is C27H19Cl2N3O3S. The number of nitrogens with zero attached hydrogens (tertiary/aromatic N) is 2. The third-order valence-electron chi connectivity index (χ3n) is 5.66. The molecule has 1 aliphatic heterocycles. The predicted octanol–water partition coefficient (Wildman–Crippen LogP) is 6.67. The first-order chi connectivity index (χ1) is 17.4. The molecule has 0 saturated carbocycles. The second-order valence-corrected chi connectivity index (χ2v) is 10.0. The Labute approximate surface area is 221 Å². The SMILES string of the molecule is O=C(CN1C(=O)S/C(=C\c2cn(Cc3ccc(Cl)cc3)c3ccccc23)C1=O)Nc1cccc(Cl)c1. The van der Waals surface area contributed by atoms with Gasteiger partial charge in [0.05, 0.1) is 4.91 Å². The van der Waals surface area contributed by atoms with E-state index in [1.165, 1.54) is 0 Å². The molecule has 3 aromatic carbocycles. The van der Waals surface area contributed by atoms with E-state index in [1.807, 2.05) is 54.7 Å². The summed E-state index contributed by atoms with van der Waals surface area (Å²) in [6.45, 7) is 0.240. The van der Waals surface area contributed by atoms with Gasteiger partial charge in [-0.25, -0.2) is 0 Å². The number of amides is 3. The minimum Gasteiger partial charge on any atom is -0.342 e. The Morgan fingerprint density at radius 3 is 2.50 bits per heavy atom. The minimum absolute atomic E-state index is 0.268. The van der Waals surface area contributed by atoms with Crippen LogP contribution >= 0.6 is 35.0 Å². The fourth-order valence-corrected chi connectivity index (χ4v) is 5.14. The highest BCUT2D eigenvalue weighted by atomic mass is 35.5. The number of carbonyl (C=O) groups is 3. The third kappa shape index (κ3) is 5.18. The second kappa shape index (κ2) is 10.2. The minimum atomic E-state index is -0.499. The Hall–Kier alpha value is -3.52. The number of anilines is 1. The number of fused-ring (bicyclic) bond motifs is 1. The van der Waals surface area contributed by atoms with Crippen LogP contribution in [0.1, 0.15) is 11.1 Å². The monoisotopic (exact) mass is 535 g/mol. The van der Waals surface area contributed by atoms with Crippen molar-refractivity contribution in [3.05, 3.63) is 105 Å². The van der Waals surface area contributed by atoms with Crippen molar-refractivity contribution in [3.63, 3.8) is 0 Å². The summed E-state index contributed by atoms with van der Waals surface area (Å²) >= 11 is 12.8. The number of imide groups is 1. The largest absolute Gasteiger partial charge is 0.342 e. The van der Waals surface area contributed by atoms with Crippen LogP contribution in [0.3, 0.4) is 0 Å². The second-order valence-electron chi connectivity index (χ2n) is 8.18. The lowest BCUT2D eigenvalue weighted by Crippen LogP contribution is -2.36. The van der Waals surface area contributed by atoms with Crippen LogP contribution in [-0.2, 0) is 16.1 Å². The Morgan fingerprint density at radius 2 is 1.72 bits per heavy atom. The van der Waals surface area contributed by atoms with Crippen molar-refractivity contribution >= 4 is 74.7 Å². The summed E-state index contributed by atoms with van der Waals surface area (Å²) < 4.78 is 2.09. The van der Waals surface area contributed by atoms with Crippen molar-refractivity contribution < 1.29 is 14.4 Å². The fraction of sp³-hybridized carbons (Fsp3) is 0.0741. The molecule has 180 valence electrons. The number of carbonyl (C=O) groups excluding carboxylic acids is 3. The zero-order valence-corrected chi connectivity index (χ0v) is 21.1. The smallest absolute Gasteiger partial charge is 0.294 e. The van der Waals surface area contributed by atoms with Gasteiger partial charge in [-0.15, -0.1) is 0 Å². The molecule has 36 heavy (non-hydrogen) atoms. The molecule has 0 radical (unpaired) electrons. The summed E-state index contributed by atoms with van der Waals surface area (Å²) in [5.41, 5.74) is 3.38. The summed E-state index contributed by atoms with van der Waals surface area (Å²) in [4.78, 5) is 39.3. The number of benzene rings is 3. The van der Waals surface area contributed by atoms with Crippen LogP contribution in [0.15, 0.2) is 83.9 Å². The van der Waals surface area contributed by atoms with E-state index >= 15 is 0 Å². The van der Waals surface area contributed by atoms with E-state index in [0.29, 0.717) is 22.3 Å². The van der Waals surface area contributed by atoms with Gasteiger partial charge < -0.3 is 9.88 Å². The highest BCUT2D eigenvalue weighted by Crippen LogP contribution is 2.34. The number of hydrogen-bond donors (Lipinski definition) is 1. The Balaban J connectivity index is 1.37. The van der Waals surface area contributed by atoms with Crippen LogP contribution in [0.5, 0.6) is 0 Å². The summed E-state index contributed by atoms with van der Waals surface area (Å²) in [5, 5.41) is 4.27. The summed E-state index contributed by atoms with van der Waals surface area (Å²) in [6.07, 6.45) is 3.67. The first kappa shape index (κ1) is 24.2. The van der Waals surface area contributed by atoms with Crippen molar-refractivity contribution in [1.29, 1.82) is 0 Å². The molecule has 1 fully saturated rings. The van der Waals surface area contributed by atoms with E-state index in [2.05, 4.69) is 9.88 Å². The number of para-hydroxylation sites is 1. The molecule has 9 heteroatoms. The quantitative estimate of drug-likeness (QED) is 0.280. The van der Waals surface area contributed by atoms with Gasteiger partial charge in [0.1, 0.15) is 6.54 Å². The zero-order valence-electron chi connectivity index (χ0n) is 18.8. The summed E-state index contributed by atoms with van der Waals surface area (Å²) in [5.74, 6) is -0.985. The first-order valence-corrected chi connectivity index (χ1v) is 12.6. The van der Waals surface area contributed by atoms with Crippen LogP contribution in [0.2, 0.25) is 10.0 Å². The highest BCUT2D eigenvalue weighted by molar-refractivity contribution is 8.18. The van der Waals surface area contributed by atoms with Crippen LogP contribution < -0.4 is 5.32 Å². The molecule has 0 atom stereocenters. The van der Waals surface area contributed by atoms with Crippen molar-refractivity contribution in [2.75, 3.05) is 11.9 Å². The van der Waals surface area contributed by atoms with Gasteiger partial charge in [-0.1, -0.05) is 59.6 Å². The van der Waals surface area contributed by atoms with E-state index in [1.54, 1.807) is 30.3 Å². The topological polar surface area (TPSA) is 71.4 Å². The number of nitrogens with one attached hydrogen (secondary N) is 1. The predicted molar refractivity (Wildman–Crippen MR) is 145 cm³/mol. The van der Waals surface area contributed by atoms with Gasteiger partial charge in [-0.05, 0) is 59.8 Å². The van der Waals surface area contributed by atoms with E-state index < -0.39 is 17.1 Å². The molecule has 0 unspecified atom stereocenters. The van der Waals surface area contributed by atoms with Crippen molar-refractivity contribution in [2.45, 2.75) is 6.54 Å². The van der Waals surface area contributed by atoms with Gasteiger partial charge in [0.2, 0.25) is 5.91 Å². The van der Waals surface area contributed by atoms with Gasteiger partial charge >= 0.3 is 0 Å². The Bertz CT molecular complexity index is 1530. The summed E-state index contributed by atoms with van der Waals surface area (Å²) in [6, 6.07) is 22.2. The van der Waals surface area contributed by atoms with Crippen LogP contribution in [0.25, 0.3) is 17.0 Å². The summed E-state index contributed by atoms with van der Waals surface area (Å²) in [7, 11) is 0. The molecule has 4 aromatic rings.